The lowest BCUT2D eigenvalue weighted by molar-refractivity contribution is 0.0978. The molecule has 0 aliphatic carbocycles. The van der Waals surface area contributed by atoms with E-state index in [9.17, 15) is 8.42 Å². The number of hydrogen-bond acceptors (Lipinski definition) is 8. The van der Waals surface area contributed by atoms with Crippen molar-refractivity contribution in [3.05, 3.63) is 59.9 Å². The molecule has 9 nitrogen and oxygen atoms in total. The van der Waals surface area contributed by atoms with Crippen LogP contribution in [-0.2, 0) is 21.2 Å². The highest BCUT2D eigenvalue weighted by molar-refractivity contribution is 7.88. The molecule has 0 aliphatic heterocycles. The van der Waals surface area contributed by atoms with E-state index in [0.717, 1.165) is 30.8 Å². The Kier molecular flexibility index (Phi) is 15.0. The van der Waals surface area contributed by atoms with Gasteiger partial charge in [-0.2, -0.15) is 0 Å². The lowest BCUT2D eigenvalue weighted by atomic mass is 10.2. The first-order valence-electron chi connectivity index (χ1n) is 12.6. The van der Waals surface area contributed by atoms with Crippen LogP contribution in [0.4, 0.5) is 0 Å². The van der Waals surface area contributed by atoms with E-state index in [4.69, 9.17) is 9.15 Å². The van der Waals surface area contributed by atoms with E-state index < -0.39 is 10.0 Å². The fourth-order valence-corrected chi connectivity index (χ4v) is 3.88. The zero-order chi connectivity index (χ0) is 27.8. The standard InChI is InChI=1S/C27H45N5O4S/c1-9-24(12-11-18-35-19-17-32(10-2)22(3)4)29-21-30-25(13-15-28-6)27-20-23(5)26(36-27)14-16-31(7)37(8,33)34/h9,12-13,15,20,22,29H,1,6,10-11,14,16-19,21H2,2-5,7-8H3/b15-13-,24-12+,30-25?. The van der Waals surface area contributed by atoms with Crippen LogP contribution >= 0.6 is 0 Å². The molecule has 0 amide bonds. The van der Waals surface area contributed by atoms with E-state index in [1.807, 2.05) is 19.1 Å². The van der Waals surface area contributed by atoms with Gasteiger partial charge in [0.05, 0.1) is 19.5 Å². The minimum absolute atomic E-state index is 0.307. The van der Waals surface area contributed by atoms with Gasteiger partial charge in [0.25, 0.3) is 0 Å². The fraction of sp³-hybridized carbons (Fsp3) is 0.556. The number of ether oxygens (including phenoxy) is 1. The maximum absolute atomic E-state index is 11.7. The first kappa shape index (κ1) is 32.5. The quantitative estimate of drug-likeness (QED) is 0.164. The molecule has 1 heterocycles. The molecule has 0 aliphatic rings. The Balaban J connectivity index is 2.72. The Labute approximate surface area is 223 Å². The van der Waals surface area contributed by atoms with E-state index >= 15 is 0 Å². The van der Waals surface area contributed by atoms with Crippen LogP contribution in [0, 0.1) is 6.92 Å². The molecule has 208 valence electrons. The van der Waals surface area contributed by atoms with Crippen molar-refractivity contribution in [3.63, 3.8) is 0 Å². The molecule has 1 rings (SSSR count). The zero-order valence-corrected chi connectivity index (χ0v) is 24.2. The van der Waals surface area contributed by atoms with Crippen LogP contribution in [0.3, 0.4) is 0 Å². The van der Waals surface area contributed by atoms with Crippen molar-refractivity contribution in [3.8, 4) is 0 Å². The number of allylic oxidation sites excluding steroid dienone is 2. The first-order valence-corrected chi connectivity index (χ1v) is 14.4. The van der Waals surface area contributed by atoms with Gasteiger partial charge in [0.15, 0.2) is 5.76 Å². The SMILES string of the molecule is C=C/C(=C\CCOCCN(CC)C(C)C)NCN=C(/C=C\N=C)c1cc(C)c(CCN(C)S(C)(=O)=O)o1. The van der Waals surface area contributed by atoms with E-state index in [0.29, 0.717) is 56.1 Å². The topological polar surface area (TPSA) is 99.7 Å². The summed E-state index contributed by atoms with van der Waals surface area (Å²) in [6, 6.07) is 2.41. The van der Waals surface area contributed by atoms with Crippen LogP contribution in [0.25, 0.3) is 0 Å². The average Bonchev–Trinajstić information content (AvgIpc) is 3.21. The number of aryl methyl sites for hydroxylation is 1. The average molecular weight is 536 g/mol. The van der Waals surface area contributed by atoms with Crippen molar-refractivity contribution in [1.82, 2.24) is 14.5 Å². The van der Waals surface area contributed by atoms with Crippen LogP contribution in [0.2, 0.25) is 0 Å². The van der Waals surface area contributed by atoms with Crippen LogP contribution < -0.4 is 5.32 Å². The molecule has 10 heteroatoms. The second-order valence-corrected chi connectivity index (χ2v) is 11.0. The van der Waals surface area contributed by atoms with Crippen molar-refractivity contribution in [2.24, 2.45) is 9.98 Å². The largest absolute Gasteiger partial charge is 0.459 e. The highest BCUT2D eigenvalue weighted by atomic mass is 32.2. The zero-order valence-electron chi connectivity index (χ0n) is 23.4. The summed E-state index contributed by atoms with van der Waals surface area (Å²) in [4.78, 5) is 10.8. The number of nitrogens with zero attached hydrogens (tertiary/aromatic N) is 4. The van der Waals surface area contributed by atoms with Gasteiger partial charge in [0.2, 0.25) is 10.0 Å². The Morgan fingerprint density at radius 2 is 2.03 bits per heavy atom. The maximum atomic E-state index is 11.7. The highest BCUT2D eigenvalue weighted by Crippen LogP contribution is 2.17. The smallest absolute Gasteiger partial charge is 0.210 e. The monoisotopic (exact) mass is 535 g/mol. The van der Waals surface area contributed by atoms with E-state index in [2.05, 4.69) is 54.3 Å². The van der Waals surface area contributed by atoms with Gasteiger partial charge in [0, 0.05) is 44.5 Å². The van der Waals surface area contributed by atoms with Crippen LogP contribution in [-0.4, -0.2) is 88.9 Å². The molecule has 0 saturated heterocycles. The molecular formula is C27H45N5O4S. The summed E-state index contributed by atoms with van der Waals surface area (Å²) in [5.41, 5.74) is 2.40. The van der Waals surface area contributed by atoms with Crippen LogP contribution in [0.1, 0.15) is 44.3 Å². The molecule has 0 bridgehead atoms. The molecule has 1 aromatic rings. The predicted octanol–water partition coefficient (Wildman–Crippen LogP) is 3.78. The van der Waals surface area contributed by atoms with Gasteiger partial charge in [-0.05, 0) is 64.2 Å². The van der Waals surface area contributed by atoms with Gasteiger partial charge in [-0.15, -0.1) is 0 Å². The van der Waals surface area contributed by atoms with E-state index in [1.165, 1.54) is 10.6 Å². The molecule has 0 saturated carbocycles. The second kappa shape index (κ2) is 17.1. The van der Waals surface area contributed by atoms with Crippen LogP contribution in [0.15, 0.2) is 57.2 Å². The minimum atomic E-state index is -3.24. The summed E-state index contributed by atoms with van der Waals surface area (Å²) in [5.74, 6) is 1.30. The number of nitrogens with one attached hydrogen (secondary N) is 1. The Hall–Kier alpha value is -2.53. The lowest BCUT2D eigenvalue weighted by Gasteiger charge is -2.24. The first-order chi connectivity index (χ1) is 17.5. The molecule has 0 fully saturated rings. The van der Waals surface area contributed by atoms with Crippen molar-refractivity contribution in [1.29, 1.82) is 0 Å². The molecule has 1 aromatic heterocycles. The molecule has 0 radical (unpaired) electrons. The molecular weight excluding hydrogens is 490 g/mol. The van der Waals surface area contributed by atoms with Gasteiger partial charge >= 0.3 is 0 Å². The van der Waals surface area contributed by atoms with Gasteiger partial charge < -0.3 is 14.5 Å². The number of sulfonamides is 1. The number of rotatable bonds is 19. The van der Waals surface area contributed by atoms with Crippen molar-refractivity contribution >= 4 is 22.5 Å². The van der Waals surface area contributed by atoms with Gasteiger partial charge in [0.1, 0.15) is 18.1 Å². The van der Waals surface area contributed by atoms with E-state index in [1.54, 1.807) is 25.4 Å². The molecule has 0 unspecified atom stereocenters. The molecule has 0 atom stereocenters. The number of furan rings is 1. The van der Waals surface area contributed by atoms with Gasteiger partial charge in [-0.1, -0.05) is 19.6 Å². The van der Waals surface area contributed by atoms with Crippen molar-refractivity contribution in [2.45, 2.75) is 46.6 Å². The Morgan fingerprint density at radius 3 is 2.62 bits per heavy atom. The number of likely N-dealkylation sites (N-methyl/N-ethyl adjacent to an activating group) is 2. The summed E-state index contributed by atoms with van der Waals surface area (Å²) < 4.78 is 36.4. The molecule has 37 heavy (non-hydrogen) atoms. The summed E-state index contributed by atoms with van der Waals surface area (Å²) in [6.07, 6.45) is 9.48. The summed E-state index contributed by atoms with van der Waals surface area (Å²) >= 11 is 0. The lowest BCUT2D eigenvalue weighted by Crippen LogP contribution is -2.33. The molecule has 1 N–H and O–H groups in total. The van der Waals surface area contributed by atoms with Gasteiger partial charge in [-0.3, -0.25) is 14.9 Å². The molecule has 0 spiro atoms. The second-order valence-electron chi connectivity index (χ2n) is 8.91. The number of aliphatic imine (C=N–C) groups is 2. The molecule has 0 aromatic carbocycles. The highest BCUT2D eigenvalue weighted by Gasteiger charge is 2.15. The third-order valence-electron chi connectivity index (χ3n) is 5.87. The van der Waals surface area contributed by atoms with Gasteiger partial charge in [-0.25, -0.2) is 12.7 Å². The predicted molar refractivity (Wildman–Crippen MR) is 154 cm³/mol. The summed E-state index contributed by atoms with van der Waals surface area (Å²) in [6.45, 7) is 19.8. The third kappa shape index (κ3) is 12.5. The summed E-state index contributed by atoms with van der Waals surface area (Å²) in [5, 5.41) is 3.25. The van der Waals surface area contributed by atoms with Crippen LogP contribution in [0.5, 0.6) is 0 Å². The Bertz CT molecular complexity index is 1040. The number of hydrogen-bond donors (Lipinski definition) is 1. The van der Waals surface area contributed by atoms with Crippen molar-refractivity contribution in [2.75, 3.05) is 52.8 Å². The van der Waals surface area contributed by atoms with E-state index in [-0.39, 0.29) is 0 Å². The normalized spacial score (nSPS) is 13.3. The summed E-state index contributed by atoms with van der Waals surface area (Å²) in [7, 11) is -1.69. The van der Waals surface area contributed by atoms with Crippen molar-refractivity contribution < 1.29 is 17.6 Å². The maximum Gasteiger partial charge on any atom is 0.210 e. The Morgan fingerprint density at radius 1 is 1.30 bits per heavy atom. The third-order valence-corrected chi connectivity index (χ3v) is 7.18. The minimum Gasteiger partial charge on any atom is -0.459 e. The fourth-order valence-electron chi connectivity index (χ4n) is 3.46.